The highest BCUT2D eigenvalue weighted by Gasteiger charge is 2.28. The van der Waals surface area contributed by atoms with Gasteiger partial charge in [0.1, 0.15) is 6.61 Å². The first-order valence-corrected chi connectivity index (χ1v) is 14.2. The molecule has 2 aromatic heterocycles. The Morgan fingerprint density at radius 1 is 0.975 bits per heavy atom. The van der Waals surface area contributed by atoms with Gasteiger partial charge in [0.25, 0.3) is 15.9 Å². The third kappa shape index (κ3) is 6.13. The Morgan fingerprint density at radius 3 is 2.38 bits per heavy atom. The van der Waals surface area contributed by atoms with Crippen LogP contribution in [-0.4, -0.2) is 66.6 Å². The number of ether oxygens (including phenoxy) is 3. The third-order valence-electron chi connectivity index (χ3n) is 6.53. The van der Waals surface area contributed by atoms with Crippen molar-refractivity contribution in [1.82, 2.24) is 24.8 Å². The number of likely N-dealkylation sites (tertiary alicyclic amines) is 1. The van der Waals surface area contributed by atoms with Gasteiger partial charge in [-0.05, 0) is 63.7 Å². The summed E-state index contributed by atoms with van der Waals surface area (Å²) >= 11 is 0. The van der Waals surface area contributed by atoms with E-state index in [0.29, 0.717) is 18.1 Å². The lowest BCUT2D eigenvalue weighted by molar-refractivity contribution is 0.189. The molecule has 12 heteroatoms. The summed E-state index contributed by atoms with van der Waals surface area (Å²) in [5.74, 6) is 0.946. The number of likely N-dealkylation sites (N-methyl/N-ethyl adjacent to an activating group) is 1. The maximum atomic E-state index is 13.5. The predicted molar refractivity (Wildman–Crippen MR) is 149 cm³/mol. The van der Waals surface area contributed by atoms with Crippen LogP contribution in [0.5, 0.6) is 23.1 Å². The fourth-order valence-electron chi connectivity index (χ4n) is 4.29. The average Bonchev–Trinajstić information content (AvgIpc) is 3.38. The molecular weight excluding hydrogens is 532 g/mol. The Morgan fingerprint density at radius 2 is 1.70 bits per heavy atom. The fourth-order valence-corrected chi connectivity index (χ4v) is 5.29. The second-order valence-corrected chi connectivity index (χ2v) is 11.0. The van der Waals surface area contributed by atoms with Crippen LogP contribution in [0.1, 0.15) is 18.4 Å². The molecule has 1 aliphatic rings. The first-order chi connectivity index (χ1) is 19.3. The number of sulfonamides is 1. The highest BCUT2D eigenvalue weighted by atomic mass is 32.2. The van der Waals surface area contributed by atoms with Gasteiger partial charge < -0.3 is 19.1 Å². The van der Waals surface area contributed by atoms with E-state index >= 15 is 0 Å². The van der Waals surface area contributed by atoms with Crippen LogP contribution in [0.2, 0.25) is 0 Å². The van der Waals surface area contributed by atoms with Crippen molar-refractivity contribution in [1.29, 1.82) is 0 Å². The molecule has 4 aromatic rings. The normalized spacial score (nSPS) is 15.5. The minimum absolute atomic E-state index is 0.0134. The summed E-state index contributed by atoms with van der Waals surface area (Å²) in [6, 6.07) is 15.3. The Labute approximate surface area is 233 Å². The molecule has 1 unspecified atom stereocenters. The van der Waals surface area contributed by atoms with E-state index in [4.69, 9.17) is 14.2 Å². The molecule has 0 aliphatic carbocycles. The van der Waals surface area contributed by atoms with E-state index in [-0.39, 0.29) is 40.0 Å². The molecule has 3 heterocycles. The van der Waals surface area contributed by atoms with E-state index in [9.17, 15) is 8.42 Å². The summed E-state index contributed by atoms with van der Waals surface area (Å²) < 4.78 is 47.5. The van der Waals surface area contributed by atoms with E-state index < -0.39 is 10.0 Å². The van der Waals surface area contributed by atoms with Gasteiger partial charge in [0.2, 0.25) is 11.6 Å². The van der Waals surface area contributed by atoms with Crippen molar-refractivity contribution in [3.63, 3.8) is 0 Å². The van der Waals surface area contributed by atoms with Gasteiger partial charge in [0.15, 0.2) is 23.1 Å². The molecule has 2 aromatic carbocycles. The van der Waals surface area contributed by atoms with Crippen LogP contribution in [0, 0.1) is 6.92 Å². The molecule has 11 nitrogen and oxygen atoms in total. The number of anilines is 1. The second-order valence-electron chi connectivity index (χ2n) is 9.36. The zero-order chi connectivity index (χ0) is 28.1. The quantitative estimate of drug-likeness (QED) is 0.298. The third-order valence-corrected chi connectivity index (χ3v) is 7.88. The predicted octanol–water partition coefficient (Wildman–Crippen LogP) is 4.32. The van der Waals surface area contributed by atoms with E-state index in [0.717, 1.165) is 24.9 Å². The number of nitrogens with zero attached hydrogens (tertiary/aromatic N) is 5. The van der Waals surface area contributed by atoms with Crippen LogP contribution in [0.3, 0.4) is 0 Å². The largest absolute Gasteiger partial charge is 0.493 e. The molecule has 0 amide bonds. The molecule has 1 atom stereocenters. The summed E-state index contributed by atoms with van der Waals surface area (Å²) in [6.45, 7) is 3.16. The first kappa shape index (κ1) is 27.3. The molecule has 0 bridgehead atoms. The van der Waals surface area contributed by atoms with Crippen molar-refractivity contribution in [3.05, 3.63) is 72.6 Å². The van der Waals surface area contributed by atoms with Gasteiger partial charge in [0.05, 0.1) is 12.0 Å². The number of para-hydroxylation sites is 2. The molecule has 1 N–H and O–H groups in total. The SMILES string of the molecule is COc1ccccc1Oc1c(NS(=O)(=O)c2ccc(C)cc2)nc(-c2ncccn2)nc1OCC1CCCN1C. The molecule has 0 radical (unpaired) electrons. The lowest BCUT2D eigenvalue weighted by Gasteiger charge is -2.21. The number of aromatic nitrogens is 4. The summed E-state index contributed by atoms with van der Waals surface area (Å²) in [4.78, 5) is 19.8. The van der Waals surface area contributed by atoms with Gasteiger partial charge in [-0.25, -0.2) is 23.4 Å². The van der Waals surface area contributed by atoms with Crippen molar-refractivity contribution in [2.45, 2.75) is 30.7 Å². The zero-order valence-corrected chi connectivity index (χ0v) is 23.3. The number of benzene rings is 2. The zero-order valence-electron chi connectivity index (χ0n) is 22.4. The van der Waals surface area contributed by atoms with E-state index in [1.54, 1.807) is 54.9 Å². The average molecular weight is 563 g/mol. The van der Waals surface area contributed by atoms with E-state index in [1.807, 2.05) is 14.0 Å². The Balaban J connectivity index is 1.63. The topological polar surface area (TPSA) is 129 Å². The molecule has 208 valence electrons. The lowest BCUT2D eigenvalue weighted by Crippen LogP contribution is -2.31. The van der Waals surface area contributed by atoms with Crippen LogP contribution in [0.15, 0.2) is 71.9 Å². The minimum atomic E-state index is -4.07. The standard InChI is InChI=1S/C28H30N6O5S/c1-19-11-13-21(14-12-19)40(35,36)33-25-24(39-23-10-5-4-9-22(23)37-3)28(38-18-20-8-6-17-34(20)2)32-27(31-25)26-29-15-7-16-30-26/h4-5,7,9-16,20H,6,8,17-18H2,1-3H3,(H,31,32,33). The Kier molecular flexibility index (Phi) is 8.08. The van der Waals surface area contributed by atoms with Gasteiger partial charge in [-0.2, -0.15) is 4.98 Å². The summed E-state index contributed by atoms with van der Waals surface area (Å²) in [5, 5.41) is 0. The van der Waals surface area contributed by atoms with Crippen molar-refractivity contribution in [2.24, 2.45) is 0 Å². The Bertz CT molecular complexity index is 1570. The van der Waals surface area contributed by atoms with Crippen molar-refractivity contribution >= 4 is 15.8 Å². The van der Waals surface area contributed by atoms with E-state index in [2.05, 4.69) is 29.6 Å². The molecule has 5 rings (SSSR count). The van der Waals surface area contributed by atoms with Crippen LogP contribution in [0.25, 0.3) is 11.6 Å². The van der Waals surface area contributed by atoms with Crippen molar-refractivity contribution in [3.8, 4) is 34.8 Å². The highest BCUT2D eigenvalue weighted by Crippen LogP contribution is 2.41. The maximum absolute atomic E-state index is 13.5. The Hall–Kier alpha value is -4.29. The summed E-state index contributed by atoms with van der Waals surface area (Å²) in [6.07, 6.45) is 5.12. The van der Waals surface area contributed by atoms with Crippen molar-refractivity contribution in [2.75, 3.05) is 32.0 Å². The smallest absolute Gasteiger partial charge is 0.263 e. The monoisotopic (exact) mass is 562 g/mol. The van der Waals surface area contributed by atoms with Crippen LogP contribution < -0.4 is 18.9 Å². The molecule has 0 spiro atoms. The number of methoxy groups -OCH3 is 1. The van der Waals surface area contributed by atoms with Gasteiger partial charge in [-0.15, -0.1) is 0 Å². The summed E-state index contributed by atoms with van der Waals surface area (Å²) in [5.41, 5.74) is 0.928. The second kappa shape index (κ2) is 11.8. The summed E-state index contributed by atoms with van der Waals surface area (Å²) in [7, 11) is -0.516. The van der Waals surface area contributed by atoms with Crippen LogP contribution >= 0.6 is 0 Å². The number of hydrogen-bond donors (Lipinski definition) is 1. The first-order valence-electron chi connectivity index (χ1n) is 12.8. The number of aryl methyl sites for hydroxylation is 1. The van der Waals surface area contributed by atoms with Gasteiger partial charge in [0, 0.05) is 18.4 Å². The molecule has 1 aliphatic heterocycles. The van der Waals surface area contributed by atoms with Crippen LogP contribution in [-0.2, 0) is 10.0 Å². The molecule has 40 heavy (non-hydrogen) atoms. The minimum Gasteiger partial charge on any atom is -0.493 e. The van der Waals surface area contributed by atoms with Gasteiger partial charge in [-0.3, -0.25) is 4.72 Å². The fraction of sp³-hybridized carbons (Fsp3) is 0.286. The van der Waals surface area contributed by atoms with Gasteiger partial charge >= 0.3 is 0 Å². The van der Waals surface area contributed by atoms with Crippen molar-refractivity contribution < 1.29 is 22.6 Å². The van der Waals surface area contributed by atoms with Gasteiger partial charge in [-0.1, -0.05) is 29.8 Å². The van der Waals surface area contributed by atoms with E-state index in [1.165, 1.54) is 19.2 Å². The van der Waals surface area contributed by atoms with Crippen LogP contribution in [0.4, 0.5) is 5.82 Å². The highest BCUT2D eigenvalue weighted by molar-refractivity contribution is 7.92. The number of nitrogens with one attached hydrogen (secondary N) is 1. The molecule has 1 saturated heterocycles. The number of rotatable bonds is 10. The number of hydrogen-bond acceptors (Lipinski definition) is 10. The molecule has 1 fully saturated rings. The lowest BCUT2D eigenvalue weighted by atomic mass is 10.2. The molecule has 0 saturated carbocycles. The maximum Gasteiger partial charge on any atom is 0.263 e. The molecular formula is C28H30N6O5S.